The number of amides is 1. The first-order valence-corrected chi connectivity index (χ1v) is 9.64. The topological polar surface area (TPSA) is 86.3 Å². The predicted molar refractivity (Wildman–Crippen MR) is 113 cm³/mol. The van der Waals surface area contributed by atoms with Gasteiger partial charge in [0.2, 0.25) is 0 Å². The van der Waals surface area contributed by atoms with Crippen molar-refractivity contribution in [2.75, 3.05) is 13.7 Å². The number of rotatable bonds is 5. The molecule has 7 nitrogen and oxygen atoms in total. The molecule has 1 aromatic carbocycles. The van der Waals surface area contributed by atoms with Crippen molar-refractivity contribution >= 4 is 19.3 Å². The van der Waals surface area contributed by atoms with Gasteiger partial charge in [0.1, 0.15) is 17.1 Å². The molecule has 0 bridgehead atoms. The Hall–Kier alpha value is -2.19. The van der Waals surface area contributed by atoms with E-state index in [4.69, 9.17) is 18.8 Å². The van der Waals surface area contributed by atoms with Crippen LogP contribution in [0.4, 0.5) is 4.79 Å². The number of hydrogen-bond donors (Lipinski definition) is 2. The standard InChI is InChI=1S/C21H32BNO6/c1-19(2,3)27-18(25)23-13-15(22-28-20(4,5)21(6,7)29-22)11-14-12-16(26-8)9-10-17(14)24/h9-12,24H,13H2,1-8H3,(H,23,25). The Morgan fingerprint density at radius 2 is 1.79 bits per heavy atom. The maximum Gasteiger partial charge on any atom is 0.492 e. The van der Waals surface area contributed by atoms with Crippen LogP contribution < -0.4 is 10.1 Å². The lowest BCUT2D eigenvalue weighted by Crippen LogP contribution is -2.41. The number of methoxy groups -OCH3 is 1. The molecule has 0 atom stereocenters. The molecular weight excluding hydrogens is 373 g/mol. The van der Waals surface area contributed by atoms with Crippen LogP contribution in [0.25, 0.3) is 6.08 Å². The van der Waals surface area contributed by atoms with Crippen LogP contribution in [0.15, 0.2) is 23.7 Å². The monoisotopic (exact) mass is 405 g/mol. The van der Waals surface area contributed by atoms with E-state index < -0.39 is 30.0 Å². The van der Waals surface area contributed by atoms with Gasteiger partial charge in [-0.3, -0.25) is 0 Å². The number of carbonyl (C=O) groups excluding carboxylic acids is 1. The quantitative estimate of drug-likeness (QED) is 0.722. The molecule has 0 radical (unpaired) electrons. The van der Waals surface area contributed by atoms with E-state index in [-0.39, 0.29) is 12.3 Å². The van der Waals surface area contributed by atoms with Crippen LogP contribution in [0.3, 0.4) is 0 Å². The normalized spacial score (nSPS) is 18.5. The fourth-order valence-corrected chi connectivity index (χ4v) is 2.66. The Kier molecular flexibility index (Phi) is 6.60. The summed E-state index contributed by atoms with van der Waals surface area (Å²) in [5, 5.41) is 13.0. The number of carbonyl (C=O) groups is 1. The van der Waals surface area contributed by atoms with Gasteiger partial charge < -0.3 is 29.2 Å². The molecule has 0 aromatic heterocycles. The molecule has 1 heterocycles. The number of hydrogen-bond acceptors (Lipinski definition) is 6. The number of alkyl carbamates (subject to hydrolysis) is 1. The maximum atomic E-state index is 12.1. The first-order valence-electron chi connectivity index (χ1n) is 9.64. The second-order valence-electron chi connectivity index (χ2n) is 9.09. The Morgan fingerprint density at radius 1 is 1.21 bits per heavy atom. The summed E-state index contributed by atoms with van der Waals surface area (Å²) >= 11 is 0. The van der Waals surface area contributed by atoms with Gasteiger partial charge >= 0.3 is 13.2 Å². The molecular formula is C21H32BNO6. The highest BCUT2D eigenvalue weighted by Gasteiger charge is 2.52. The molecule has 1 fully saturated rings. The summed E-state index contributed by atoms with van der Waals surface area (Å²) in [7, 11) is 0.861. The van der Waals surface area contributed by atoms with Gasteiger partial charge in [-0.25, -0.2) is 4.79 Å². The van der Waals surface area contributed by atoms with E-state index in [2.05, 4.69) is 5.32 Å². The Balaban J connectivity index is 2.33. The minimum absolute atomic E-state index is 0.0806. The molecule has 0 unspecified atom stereocenters. The van der Waals surface area contributed by atoms with Crippen molar-refractivity contribution in [3.05, 3.63) is 29.2 Å². The summed E-state index contributed by atoms with van der Waals surface area (Å²) in [4.78, 5) is 12.1. The van der Waals surface area contributed by atoms with Crippen LogP contribution in [-0.2, 0) is 14.0 Å². The second kappa shape index (κ2) is 8.28. The lowest BCUT2D eigenvalue weighted by atomic mass is 9.77. The fourth-order valence-electron chi connectivity index (χ4n) is 2.66. The number of aromatic hydroxyl groups is 1. The largest absolute Gasteiger partial charge is 0.507 e. The summed E-state index contributed by atoms with van der Waals surface area (Å²) in [5.74, 6) is 0.680. The lowest BCUT2D eigenvalue weighted by molar-refractivity contribution is 0.00578. The highest BCUT2D eigenvalue weighted by Crippen LogP contribution is 2.39. The number of phenols is 1. The van der Waals surface area contributed by atoms with E-state index in [0.717, 1.165) is 0 Å². The molecule has 2 rings (SSSR count). The van der Waals surface area contributed by atoms with Crippen LogP contribution in [0.5, 0.6) is 11.5 Å². The minimum Gasteiger partial charge on any atom is -0.507 e. The molecule has 8 heteroatoms. The van der Waals surface area contributed by atoms with E-state index in [1.807, 2.05) is 27.7 Å². The third-order valence-electron chi connectivity index (χ3n) is 4.97. The van der Waals surface area contributed by atoms with Gasteiger partial charge in [0.05, 0.1) is 18.3 Å². The molecule has 160 valence electrons. The van der Waals surface area contributed by atoms with Gasteiger partial charge in [0.15, 0.2) is 0 Å². The molecule has 0 spiro atoms. The zero-order chi connectivity index (χ0) is 22.0. The first kappa shape index (κ1) is 23.1. The fraction of sp³-hybridized carbons (Fsp3) is 0.571. The minimum atomic E-state index is -0.694. The lowest BCUT2D eigenvalue weighted by Gasteiger charge is -2.32. The van der Waals surface area contributed by atoms with Crippen molar-refractivity contribution in [3.63, 3.8) is 0 Å². The predicted octanol–water partition coefficient (Wildman–Crippen LogP) is 3.94. The third kappa shape index (κ3) is 5.90. The molecule has 1 aliphatic heterocycles. The summed E-state index contributed by atoms with van der Waals surface area (Å²) in [6.07, 6.45) is 1.19. The number of benzene rings is 1. The number of ether oxygens (including phenoxy) is 2. The molecule has 0 saturated carbocycles. The third-order valence-corrected chi connectivity index (χ3v) is 4.97. The van der Waals surface area contributed by atoms with Crippen molar-refractivity contribution in [2.45, 2.75) is 65.3 Å². The van der Waals surface area contributed by atoms with Crippen LogP contribution in [-0.4, -0.2) is 48.8 Å². The molecule has 2 N–H and O–H groups in total. The van der Waals surface area contributed by atoms with E-state index >= 15 is 0 Å². The highest BCUT2D eigenvalue weighted by atomic mass is 16.7. The highest BCUT2D eigenvalue weighted by molar-refractivity contribution is 6.56. The summed E-state index contributed by atoms with van der Waals surface area (Å²) in [5.41, 5.74) is -0.528. The second-order valence-corrected chi connectivity index (χ2v) is 9.09. The summed E-state index contributed by atoms with van der Waals surface area (Å²) in [6, 6.07) is 4.92. The summed E-state index contributed by atoms with van der Waals surface area (Å²) in [6.45, 7) is 13.3. The zero-order valence-electron chi connectivity index (χ0n) is 18.6. The Labute approximate surface area is 173 Å². The first-order chi connectivity index (χ1) is 13.2. The molecule has 1 saturated heterocycles. The van der Waals surface area contributed by atoms with Gasteiger partial charge in [0, 0.05) is 12.1 Å². The van der Waals surface area contributed by atoms with Gasteiger partial charge in [-0.1, -0.05) is 6.08 Å². The Bertz CT molecular complexity index is 766. The molecule has 1 amide bonds. The van der Waals surface area contributed by atoms with Crippen LogP contribution in [0, 0.1) is 0 Å². The number of nitrogens with one attached hydrogen (secondary N) is 1. The van der Waals surface area contributed by atoms with Crippen molar-refractivity contribution in [1.29, 1.82) is 0 Å². The van der Waals surface area contributed by atoms with Gasteiger partial charge in [-0.2, -0.15) is 0 Å². The van der Waals surface area contributed by atoms with Gasteiger partial charge in [0.25, 0.3) is 0 Å². The zero-order valence-corrected chi connectivity index (χ0v) is 18.6. The van der Waals surface area contributed by atoms with Gasteiger partial charge in [-0.15, -0.1) is 0 Å². The van der Waals surface area contributed by atoms with Crippen LogP contribution in [0.1, 0.15) is 54.0 Å². The SMILES string of the molecule is COc1ccc(O)c(C=C(CNC(=O)OC(C)(C)C)B2OC(C)(C)C(C)(C)O2)c1. The van der Waals surface area contributed by atoms with E-state index in [9.17, 15) is 9.90 Å². The smallest absolute Gasteiger partial charge is 0.492 e. The van der Waals surface area contributed by atoms with Crippen molar-refractivity contribution in [3.8, 4) is 11.5 Å². The van der Waals surface area contributed by atoms with E-state index in [1.54, 1.807) is 52.2 Å². The van der Waals surface area contributed by atoms with Crippen LogP contribution >= 0.6 is 0 Å². The van der Waals surface area contributed by atoms with E-state index in [0.29, 0.717) is 16.8 Å². The molecule has 1 aromatic rings. The average Bonchev–Trinajstić information content (AvgIpc) is 2.79. The van der Waals surface area contributed by atoms with Crippen molar-refractivity contribution in [2.24, 2.45) is 0 Å². The van der Waals surface area contributed by atoms with Gasteiger partial charge in [-0.05, 0) is 72.1 Å². The van der Waals surface area contributed by atoms with E-state index in [1.165, 1.54) is 0 Å². The number of phenolic OH excluding ortho intramolecular Hbond substituents is 1. The molecule has 0 aliphatic carbocycles. The Morgan fingerprint density at radius 3 is 2.31 bits per heavy atom. The van der Waals surface area contributed by atoms with Crippen molar-refractivity contribution in [1.82, 2.24) is 5.32 Å². The summed E-state index contributed by atoms with van der Waals surface area (Å²) < 4.78 is 22.8. The molecule has 1 aliphatic rings. The van der Waals surface area contributed by atoms with Crippen molar-refractivity contribution < 1.29 is 28.7 Å². The van der Waals surface area contributed by atoms with Crippen LogP contribution in [0.2, 0.25) is 0 Å². The molecule has 29 heavy (non-hydrogen) atoms. The average molecular weight is 405 g/mol. The maximum absolute atomic E-state index is 12.1.